The molecule has 0 aliphatic carbocycles. The van der Waals surface area contributed by atoms with Crippen LogP contribution in [0.2, 0.25) is 0 Å². The molecule has 2 N–H and O–H groups in total. The second kappa shape index (κ2) is 505. The van der Waals surface area contributed by atoms with Crippen molar-refractivity contribution in [1.82, 2.24) is 0 Å². The van der Waals surface area contributed by atoms with Gasteiger partial charge in [0.1, 0.15) is 0 Å². The molecule has 0 unspecified atom stereocenters. The van der Waals surface area contributed by atoms with Crippen LogP contribution in [0.3, 0.4) is 0 Å². The molecule has 0 amide bonds. The third-order valence-electron chi connectivity index (χ3n) is 0. The SMILES string of the molecule is CC.CC.CN.[W]. The maximum Gasteiger partial charge on any atom is 0 e. The van der Waals surface area contributed by atoms with Crippen LogP contribution in [0.15, 0.2) is 0 Å². The van der Waals surface area contributed by atoms with Gasteiger partial charge in [-0.05, 0) is 7.05 Å². The zero-order valence-corrected chi connectivity index (χ0v) is 8.92. The van der Waals surface area contributed by atoms with Crippen molar-refractivity contribution in [3.63, 3.8) is 0 Å². The van der Waals surface area contributed by atoms with E-state index in [-0.39, 0.29) is 21.1 Å². The molecule has 0 aromatic heterocycles. The minimum absolute atomic E-state index is 0. The zero-order valence-electron chi connectivity index (χ0n) is 5.99. The topological polar surface area (TPSA) is 26.0 Å². The van der Waals surface area contributed by atoms with Gasteiger partial charge in [0.2, 0.25) is 0 Å². The molecule has 0 fully saturated rings. The van der Waals surface area contributed by atoms with E-state index in [2.05, 4.69) is 5.73 Å². The molecule has 0 spiro atoms. The van der Waals surface area contributed by atoms with E-state index >= 15 is 0 Å². The Morgan fingerprint density at radius 1 is 0.714 bits per heavy atom. The van der Waals surface area contributed by atoms with Gasteiger partial charge in [-0.3, -0.25) is 0 Å². The fourth-order valence-electron chi connectivity index (χ4n) is 0. The van der Waals surface area contributed by atoms with Crippen molar-refractivity contribution in [3.05, 3.63) is 0 Å². The van der Waals surface area contributed by atoms with Crippen LogP contribution in [0.4, 0.5) is 0 Å². The Labute approximate surface area is 61.9 Å². The van der Waals surface area contributed by atoms with Crippen molar-refractivity contribution in [3.8, 4) is 0 Å². The van der Waals surface area contributed by atoms with Crippen molar-refractivity contribution >= 4 is 0 Å². The fraction of sp³-hybridized carbons (Fsp3) is 1.00. The molecule has 0 saturated heterocycles. The number of hydrogen-bond donors (Lipinski definition) is 1. The summed E-state index contributed by atoms with van der Waals surface area (Å²) in [6.45, 7) is 8.00. The summed E-state index contributed by atoms with van der Waals surface area (Å²) in [4.78, 5) is 0. The predicted octanol–water partition coefficient (Wildman–Crippen LogP) is 1.62. The van der Waals surface area contributed by atoms with Gasteiger partial charge in [0.25, 0.3) is 0 Å². The van der Waals surface area contributed by atoms with Gasteiger partial charge in [-0.1, -0.05) is 27.7 Å². The van der Waals surface area contributed by atoms with Crippen LogP contribution < -0.4 is 5.73 Å². The summed E-state index contributed by atoms with van der Waals surface area (Å²) in [5.41, 5.74) is 4.50. The fourth-order valence-corrected chi connectivity index (χ4v) is 0. The second-order valence-electron chi connectivity index (χ2n) is 0. The summed E-state index contributed by atoms with van der Waals surface area (Å²) in [6, 6.07) is 0. The van der Waals surface area contributed by atoms with E-state index in [1.54, 1.807) is 0 Å². The van der Waals surface area contributed by atoms with E-state index in [0.717, 1.165) is 0 Å². The predicted molar refractivity (Wildman–Crippen MR) is 32.8 cm³/mol. The van der Waals surface area contributed by atoms with Gasteiger partial charge in [0.15, 0.2) is 0 Å². The van der Waals surface area contributed by atoms with Crippen molar-refractivity contribution in [2.45, 2.75) is 27.7 Å². The molecule has 0 aromatic carbocycles. The average Bonchev–Trinajstić information content (AvgIpc) is 1.81. The summed E-state index contributed by atoms with van der Waals surface area (Å²) < 4.78 is 0. The van der Waals surface area contributed by atoms with Gasteiger partial charge >= 0.3 is 0 Å². The van der Waals surface area contributed by atoms with Crippen LogP contribution >= 0.6 is 0 Å². The quantitative estimate of drug-likeness (QED) is 0.714. The van der Waals surface area contributed by atoms with E-state index in [1.807, 2.05) is 27.7 Å². The van der Waals surface area contributed by atoms with Gasteiger partial charge in [-0.25, -0.2) is 0 Å². The molecule has 0 heterocycles. The first-order valence-electron chi connectivity index (χ1n) is 2.58. The number of rotatable bonds is 0. The van der Waals surface area contributed by atoms with Gasteiger partial charge < -0.3 is 5.73 Å². The van der Waals surface area contributed by atoms with E-state index in [0.29, 0.717) is 0 Å². The molecule has 0 rings (SSSR count). The van der Waals surface area contributed by atoms with Crippen LogP contribution in [-0.2, 0) is 21.1 Å². The van der Waals surface area contributed by atoms with Gasteiger partial charge in [-0.15, -0.1) is 0 Å². The van der Waals surface area contributed by atoms with Gasteiger partial charge in [-0.2, -0.15) is 0 Å². The molecule has 0 saturated carbocycles. The number of nitrogens with two attached hydrogens (primary N) is 1. The van der Waals surface area contributed by atoms with E-state index in [4.69, 9.17) is 0 Å². The van der Waals surface area contributed by atoms with Crippen LogP contribution in [-0.4, -0.2) is 7.05 Å². The molecular weight excluding hydrogens is 258 g/mol. The van der Waals surface area contributed by atoms with E-state index < -0.39 is 0 Å². The largest absolute Gasteiger partial charge is 0.333 e. The Hall–Kier alpha value is 0.648. The normalized spacial score (nSPS) is 2.57. The molecule has 0 atom stereocenters. The molecule has 1 nitrogen and oxygen atoms in total. The summed E-state index contributed by atoms with van der Waals surface area (Å²) in [6.07, 6.45) is 0. The van der Waals surface area contributed by atoms with Crippen LogP contribution in [0.5, 0.6) is 0 Å². The summed E-state index contributed by atoms with van der Waals surface area (Å²) in [5.74, 6) is 0. The van der Waals surface area contributed by atoms with E-state index in [1.165, 1.54) is 7.05 Å². The third kappa shape index (κ3) is 342. The van der Waals surface area contributed by atoms with Gasteiger partial charge in [0.05, 0.1) is 0 Å². The molecule has 2 heteroatoms. The Balaban J connectivity index is -0.00000000900. The van der Waals surface area contributed by atoms with Crippen LogP contribution in [0, 0.1) is 0 Å². The molecule has 0 aliphatic rings. The first kappa shape index (κ1) is 25.4. The molecule has 0 aromatic rings. The smallest absolute Gasteiger partial charge is 0 e. The third-order valence-corrected chi connectivity index (χ3v) is 0. The molecule has 7 heavy (non-hydrogen) atoms. The van der Waals surface area contributed by atoms with Crippen LogP contribution in [0.25, 0.3) is 0 Å². The average molecular weight is 275 g/mol. The second-order valence-corrected chi connectivity index (χ2v) is 0. The molecule has 0 radical (unpaired) electrons. The zero-order chi connectivity index (χ0) is 6.00. The molecule has 0 aliphatic heterocycles. The van der Waals surface area contributed by atoms with Crippen molar-refractivity contribution in [1.29, 1.82) is 0 Å². The molecule has 48 valence electrons. The Morgan fingerprint density at radius 3 is 0.714 bits per heavy atom. The van der Waals surface area contributed by atoms with Crippen molar-refractivity contribution < 1.29 is 21.1 Å². The van der Waals surface area contributed by atoms with Crippen molar-refractivity contribution in [2.75, 3.05) is 7.05 Å². The first-order valence-corrected chi connectivity index (χ1v) is 2.58. The number of hydrogen-bond acceptors (Lipinski definition) is 1. The van der Waals surface area contributed by atoms with Gasteiger partial charge in [0, 0.05) is 21.1 Å². The maximum atomic E-state index is 4.50. The summed E-state index contributed by atoms with van der Waals surface area (Å²) >= 11 is 0. The summed E-state index contributed by atoms with van der Waals surface area (Å²) in [7, 11) is 1.50. The monoisotopic (exact) mass is 275 g/mol. The van der Waals surface area contributed by atoms with Crippen LogP contribution in [0.1, 0.15) is 27.7 Å². The Bertz CT molecular complexity index is 8.04. The molecular formula is C5H17NW. The minimum atomic E-state index is 0. The van der Waals surface area contributed by atoms with Crippen molar-refractivity contribution in [2.24, 2.45) is 5.73 Å². The maximum absolute atomic E-state index is 4.50. The van der Waals surface area contributed by atoms with E-state index in [9.17, 15) is 0 Å². The standard InChI is InChI=1S/2C2H6.CH5N.W/c3*1-2;/h2*1-2H3;2H2,1H3;. The Morgan fingerprint density at radius 2 is 0.714 bits per heavy atom. The minimum Gasteiger partial charge on any atom is -0.333 e. The molecule has 0 bridgehead atoms. The first-order chi connectivity index (χ1) is 3.00. The Kier molecular flexibility index (Phi) is 1830. The summed E-state index contributed by atoms with van der Waals surface area (Å²) in [5, 5.41) is 0.